The van der Waals surface area contributed by atoms with Crippen LogP contribution < -0.4 is 5.32 Å². The Kier molecular flexibility index (Phi) is 1.51. The standard InChI is InChI=1S/C6H8F3N/c1-2-3-5(4-10-5)6(7,8)9/h2,10H,1,3-4H2. The Balaban J connectivity index is 2.60. The zero-order valence-electron chi connectivity index (χ0n) is 5.33. The smallest absolute Gasteiger partial charge is 0.300 e. The topological polar surface area (TPSA) is 21.9 Å². The summed E-state index contributed by atoms with van der Waals surface area (Å²) in [5, 5.41) is 2.29. The van der Waals surface area contributed by atoms with Gasteiger partial charge in [-0.25, -0.2) is 0 Å². The Labute approximate surface area is 56.9 Å². The van der Waals surface area contributed by atoms with Crippen molar-refractivity contribution in [1.29, 1.82) is 0 Å². The maximum atomic E-state index is 12.0. The molecule has 1 unspecified atom stereocenters. The van der Waals surface area contributed by atoms with Crippen LogP contribution in [0.1, 0.15) is 6.42 Å². The molecule has 0 spiro atoms. The zero-order valence-corrected chi connectivity index (χ0v) is 5.33. The van der Waals surface area contributed by atoms with Crippen LogP contribution in [0, 0.1) is 0 Å². The number of nitrogens with one attached hydrogen (secondary N) is 1. The van der Waals surface area contributed by atoms with Crippen LogP contribution in [0.5, 0.6) is 0 Å². The highest BCUT2D eigenvalue weighted by molar-refractivity contribution is 5.12. The van der Waals surface area contributed by atoms with Gasteiger partial charge in [-0.15, -0.1) is 6.58 Å². The second kappa shape index (κ2) is 1.99. The maximum Gasteiger partial charge on any atom is 0.408 e. The van der Waals surface area contributed by atoms with Crippen LogP contribution in [0.3, 0.4) is 0 Å². The van der Waals surface area contributed by atoms with Crippen LogP contribution in [-0.4, -0.2) is 18.3 Å². The van der Waals surface area contributed by atoms with Gasteiger partial charge in [0.15, 0.2) is 0 Å². The summed E-state index contributed by atoms with van der Waals surface area (Å²) in [6.45, 7) is 3.29. The van der Waals surface area contributed by atoms with Gasteiger partial charge in [0.05, 0.1) is 0 Å². The van der Waals surface area contributed by atoms with E-state index in [2.05, 4.69) is 11.9 Å². The first kappa shape index (κ1) is 7.60. The van der Waals surface area contributed by atoms with E-state index in [4.69, 9.17) is 0 Å². The average molecular weight is 151 g/mol. The molecule has 1 fully saturated rings. The quantitative estimate of drug-likeness (QED) is 0.468. The molecule has 1 nitrogen and oxygen atoms in total. The molecule has 1 aliphatic rings. The van der Waals surface area contributed by atoms with Crippen LogP contribution in [-0.2, 0) is 0 Å². The molecule has 0 bridgehead atoms. The van der Waals surface area contributed by atoms with Crippen LogP contribution in [0.15, 0.2) is 12.7 Å². The van der Waals surface area contributed by atoms with Crippen molar-refractivity contribution in [2.24, 2.45) is 0 Å². The van der Waals surface area contributed by atoms with E-state index in [1.54, 1.807) is 0 Å². The predicted octanol–water partition coefficient (Wildman–Crippen LogP) is 1.47. The second-order valence-corrected chi connectivity index (χ2v) is 2.43. The average Bonchev–Trinajstić information content (AvgIpc) is 2.45. The van der Waals surface area contributed by atoms with Gasteiger partial charge in [0.2, 0.25) is 0 Å². The van der Waals surface area contributed by atoms with E-state index in [1.165, 1.54) is 6.08 Å². The monoisotopic (exact) mass is 151 g/mol. The van der Waals surface area contributed by atoms with Gasteiger partial charge in [0.25, 0.3) is 0 Å². The van der Waals surface area contributed by atoms with Crippen LogP contribution in [0.25, 0.3) is 0 Å². The van der Waals surface area contributed by atoms with Crippen molar-refractivity contribution in [1.82, 2.24) is 5.32 Å². The van der Waals surface area contributed by atoms with Gasteiger partial charge in [-0.05, 0) is 6.42 Å². The highest BCUT2D eigenvalue weighted by Gasteiger charge is 2.62. The third kappa shape index (κ3) is 1.03. The normalized spacial score (nSPS) is 31.9. The van der Waals surface area contributed by atoms with Crippen molar-refractivity contribution in [2.45, 2.75) is 18.1 Å². The van der Waals surface area contributed by atoms with E-state index in [9.17, 15) is 13.2 Å². The molecule has 0 aromatic heterocycles. The first-order valence-corrected chi connectivity index (χ1v) is 2.94. The van der Waals surface area contributed by atoms with E-state index in [1.807, 2.05) is 0 Å². The predicted molar refractivity (Wildman–Crippen MR) is 31.6 cm³/mol. The molecule has 58 valence electrons. The Hall–Kier alpha value is -0.510. The zero-order chi connectivity index (χ0) is 7.83. The van der Waals surface area contributed by atoms with E-state index in [0.717, 1.165) is 0 Å². The molecule has 1 rings (SSSR count). The van der Waals surface area contributed by atoms with Crippen LogP contribution in [0.4, 0.5) is 13.2 Å². The minimum atomic E-state index is -4.12. The Morgan fingerprint density at radius 3 is 2.20 bits per heavy atom. The molecule has 1 heterocycles. The molecule has 10 heavy (non-hydrogen) atoms. The highest BCUT2D eigenvalue weighted by Crippen LogP contribution is 2.40. The Morgan fingerprint density at radius 2 is 2.10 bits per heavy atom. The molecule has 0 aromatic rings. The summed E-state index contributed by atoms with van der Waals surface area (Å²) in [6.07, 6.45) is -2.87. The molecule has 1 saturated heterocycles. The van der Waals surface area contributed by atoms with E-state index in [-0.39, 0.29) is 13.0 Å². The van der Waals surface area contributed by atoms with Gasteiger partial charge in [0.1, 0.15) is 5.54 Å². The number of hydrogen-bond donors (Lipinski definition) is 1. The lowest BCUT2D eigenvalue weighted by Crippen LogP contribution is -2.35. The fraction of sp³-hybridized carbons (Fsp3) is 0.667. The second-order valence-electron chi connectivity index (χ2n) is 2.43. The maximum absolute atomic E-state index is 12.0. The summed E-state index contributed by atoms with van der Waals surface area (Å²) in [7, 11) is 0. The lowest BCUT2D eigenvalue weighted by atomic mass is 10.1. The fourth-order valence-corrected chi connectivity index (χ4v) is 0.814. The molecule has 1 N–H and O–H groups in total. The van der Waals surface area contributed by atoms with Crippen molar-refractivity contribution in [3.8, 4) is 0 Å². The van der Waals surface area contributed by atoms with Gasteiger partial charge < -0.3 is 5.32 Å². The van der Waals surface area contributed by atoms with Gasteiger partial charge in [0, 0.05) is 6.54 Å². The van der Waals surface area contributed by atoms with Crippen molar-refractivity contribution in [3.05, 3.63) is 12.7 Å². The molecule has 1 aliphatic heterocycles. The Bertz CT molecular complexity index is 146. The number of halogens is 3. The summed E-state index contributed by atoms with van der Waals surface area (Å²) < 4.78 is 35.9. The summed E-state index contributed by atoms with van der Waals surface area (Å²) in [6, 6.07) is 0. The molecule has 1 atom stereocenters. The van der Waals surface area contributed by atoms with E-state index in [0.29, 0.717) is 0 Å². The number of rotatable bonds is 2. The molecule has 0 saturated carbocycles. The SMILES string of the molecule is C=CCC1(C(F)(F)F)CN1. The van der Waals surface area contributed by atoms with E-state index < -0.39 is 11.7 Å². The van der Waals surface area contributed by atoms with Crippen molar-refractivity contribution < 1.29 is 13.2 Å². The summed E-state index contributed by atoms with van der Waals surface area (Å²) in [4.78, 5) is 0. The van der Waals surface area contributed by atoms with Crippen molar-refractivity contribution in [3.63, 3.8) is 0 Å². The lowest BCUT2D eigenvalue weighted by molar-refractivity contribution is -0.158. The summed E-state index contributed by atoms with van der Waals surface area (Å²) in [5.41, 5.74) is -1.63. The summed E-state index contributed by atoms with van der Waals surface area (Å²) in [5.74, 6) is 0. The molecule has 0 aliphatic carbocycles. The molecule has 4 heteroatoms. The minimum absolute atomic E-state index is 0.0303. The molecule has 0 amide bonds. The first-order chi connectivity index (χ1) is 4.52. The largest absolute Gasteiger partial charge is 0.408 e. The van der Waals surface area contributed by atoms with Gasteiger partial charge in [-0.1, -0.05) is 6.08 Å². The summed E-state index contributed by atoms with van der Waals surface area (Å²) >= 11 is 0. The van der Waals surface area contributed by atoms with Crippen molar-refractivity contribution in [2.75, 3.05) is 6.54 Å². The van der Waals surface area contributed by atoms with Crippen LogP contribution in [0.2, 0.25) is 0 Å². The third-order valence-electron chi connectivity index (χ3n) is 1.64. The first-order valence-electron chi connectivity index (χ1n) is 2.94. The fourth-order valence-electron chi connectivity index (χ4n) is 0.814. The van der Waals surface area contributed by atoms with Crippen molar-refractivity contribution >= 4 is 0 Å². The number of hydrogen-bond acceptors (Lipinski definition) is 1. The third-order valence-corrected chi connectivity index (χ3v) is 1.64. The molecule has 0 aromatic carbocycles. The Morgan fingerprint density at radius 1 is 1.60 bits per heavy atom. The molecule has 0 radical (unpaired) electrons. The molecular weight excluding hydrogens is 143 g/mol. The van der Waals surface area contributed by atoms with Gasteiger partial charge in [-0.3, -0.25) is 0 Å². The van der Waals surface area contributed by atoms with Gasteiger partial charge in [-0.2, -0.15) is 13.2 Å². The van der Waals surface area contributed by atoms with Crippen LogP contribution >= 0.6 is 0 Å². The highest BCUT2D eigenvalue weighted by atomic mass is 19.4. The van der Waals surface area contributed by atoms with E-state index >= 15 is 0 Å². The lowest BCUT2D eigenvalue weighted by Gasteiger charge is -2.14. The minimum Gasteiger partial charge on any atom is -0.300 e. The van der Waals surface area contributed by atoms with Gasteiger partial charge >= 0.3 is 6.18 Å². The number of alkyl halides is 3. The molecular formula is C6H8F3N.